The number of nitrogens with zero attached hydrogens (tertiary/aromatic N) is 3. The maximum Gasteiger partial charge on any atom is 0.253 e. The van der Waals surface area contributed by atoms with Gasteiger partial charge in [-0.05, 0) is 43.5 Å². The summed E-state index contributed by atoms with van der Waals surface area (Å²) in [5.41, 5.74) is 2.12. The molecular formula is C21H22ClN5O2. The highest BCUT2D eigenvalue weighted by Gasteiger charge is 2.22. The molecule has 0 aliphatic heterocycles. The number of hydrogen-bond acceptors (Lipinski definition) is 5. The molecule has 0 bridgehead atoms. The van der Waals surface area contributed by atoms with Crippen molar-refractivity contribution >= 4 is 23.5 Å². The Morgan fingerprint density at radius 3 is 2.93 bits per heavy atom. The topological polar surface area (TPSA) is 92.1 Å². The summed E-state index contributed by atoms with van der Waals surface area (Å²) in [6.07, 6.45) is 7.56. The molecule has 0 saturated heterocycles. The summed E-state index contributed by atoms with van der Waals surface area (Å²) in [6.45, 7) is 1.70. The Labute approximate surface area is 173 Å². The largest absolute Gasteiger partial charge is 0.394 e. The number of carbonyl (C=O) groups is 1. The molecule has 1 atom stereocenters. The van der Waals surface area contributed by atoms with E-state index in [-0.39, 0.29) is 12.5 Å². The Hall–Kier alpha value is -2.90. The molecular weight excluding hydrogens is 390 g/mol. The predicted octanol–water partition coefficient (Wildman–Crippen LogP) is 3.27. The molecule has 1 saturated carbocycles. The average molecular weight is 412 g/mol. The minimum Gasteiger partial charge on any atom is -0.394 e. The lowest BCUT2D eigenvalue weighted by atomic mass is 10.1. The van der Waals surface area contributed by atoms with Gasteiger partial charge in [-0.2, -0.15) is 4.98 Å². The number of nitrogens with one attached hydrogen (secondary N) is 2. The minimum absolute atomic E-state index is 0.228. The lowest BCUT2D eigenvalue weighted by molar-refractivity contribution is 0.0916. The van der Waals surface area contributed by atoms with E-state index in [2.05, 4.69) is 20.6 Å². The minimum atomic E-state index is -0.542. The van der Waals surface area contributed by atoms with Crippen LogP contribution in [-0.2, 0) is 0 Å². The molecule has 1 aromatic carbocycles. The van der Waals surface area contributed by atoms with Crippen LogP contribution >= 0.6 is 11.6 Å². The lowest BCUT2D eigenvalue weighted by Gasteiger charge is -2.16. The summed E-state index contributed by atoms with van der Waals surface area (Å²) in [5, 5.41) is 16.4. The zero-order valence-electron chi connectivity index (χ0n) is 16.0. The zero-order valence-corrected chi connectivity index (χ0v) is 16.7. The molecule has 1 unspecified atom stereocenters. The van der Waals surface area contributed by atoms with Crippen LogP contribution in [-0.4, -0.2) is 38.2 Å². The third kappa shape index (κ3) is 4.58. The molecule has 1 aliphatic carbocycles. The highest BCUT2D eigenvalue weighted by Crippen LogP contribution is 2.24. The van der Waals surface area contributed by atoms with E-state index in [9.17, 15) is 9.90 Å². The maximum atomic E-state index is 12.7. The van der Waals surface area contributed by atoms with Crippen molar-refractivity contribution in [3.05, 3.63) is 70.6 Å². The molecule has 3 aromatic rings. The van der Waals surface area contributed by atoms with Gasteiger partial charge in [0.15, 0.2) is 0 Å². The SMILES string of the molecule is Cc1cnc(NC2CC2)nc1-n1ccc(C(=O)NC(CO)c2cccc(Cl)c2)c1. The van der Waals surface area contributed by atoms with Gasteiger partial charge in [0.2, 0.25) is 5.95 Å². The highest BCUT2D eigenvalue weighted by molar-refractivity contribution is 6.30. The Morgan fingerprint density at radius 1 is 1.38 bits per heavy atom. The van der Waals surface area contributed by atoms with Crippen LogP contribution in [0.4, 0.5) is 5.95 Å². The monoisotopic (exact) mass is 411 g/mol. The molecule has 4 rings (SSSR count). The van der Waals surface area contributed by atoms with Gasteiger partial charge in [0.05, 0.1) is 18.2 Å². The maximum absolute atomic E-state index is 12.7. The number of aliphatic hydroxyl groups excluding tert-OH is 1. The van der Waals surface area contributed by atoms with E-state index in [4.69, 9.17) is 11.6 Å². The lowest BCUT2D eigenvalue weighted by Crippen LogP contribution is -2.30. The van der Waals surface area contributed by atoms with E-state index in [0.717, 1.165) is 29.8 Å². The van der Waals surface area contributed by atoms with Crippen LogP contribution in [0.15, 0.2) is 48.9 Å². The first-order valence-corrected chi connectivity index (χ1v) is 9.87. The molecule has 29 heavy (non-hydrogen) atoms. The second-order valence-electron chi connectivity index (χ2n) is 7.19. The van der Waals surface area contributed by atoms with E-state index < -0.39 is 6.04 Å². The number of benzene rings is 1. The first kappa shape index (κ1) is 19.4. The fraction of sp³-hybridized carbons (Fsp3) is 0.286. The van der Waals surface area contributed by atoms with Crippen LogP contribution in [0.25, 0.3) is 5.82 Å². The molecule has 7 nitrogen and oxygen atoms in total. The smallest absolute Gasteiger partial charge is 0.253 e. The molecule has 1 fully saturated rings. The van der Waals surface area contributed by atoms with Crippen molar-refractivity contribution in [1.29, 1.82) is 0 Å². The van der Waals surface area contributed by atoms with Crippen molar-refractivity contribution in [3.63, 3.8) is 0 Å². The van der Waals surface area contributed by atoms with Gasteiger partial charge in [0.1, 0.15) is 5.82 Å². The number of hydrogen-bond donors (Lipinski definition) is 3. The Balaban J connectivity index is 1.51. The quantitative estimate of drug-likeness (QED) is 0.555. The molecule has 0 radical (unpaired) electrons. The summed E-state index contributed by atoms with van der Waals surface area (Å²) in [6, 6.07) is 8.71. The van der Waals surface area contributed by atoms with E-state index in [0.29, 0.717) is 22.6 Å². The Kier molecular flexibility index (Phi) is 5.51. The van der Waals surface area contributed by atoms with Gasteiger partial charge >= 0.3 is 0 Å². The average Bonchev–Trinajstić information content (AvgIpc) is 3.39. The summed E-state index contributed by atoms with van der Waals surface area (Å²) in [5.74, 6) is 1.02. The predicted molar refractivity (Wildman–Crippen MR) is 111 cm³/mol. The van der Waals surface area contributed by atoms with Crippen molar-refractivity contribution in [2.24, 2.45) is 0 Å². The van der Waals surface area contributed by atoms with Gasteiger partial charge in [-0.25, -0.2) is 4.98 Å². The molecule has 2 heterocycles. The molecule has 1 amide bonds. The van der Waals surface area contributed by atoms with Crippen LogP contribution < -0.4 is 10.6 Å². The molecule has 2 aromatic heterocycles. The van der Waals surface area contributed by atoms with Crippen LogP contribution in [0.1, 0.15) is 40.4 Å². The molecule has 0 spiro atoms. The van der Waals surface area contributed by atoms with Gasteiger partial charge < -0.3 is 20.3 Å². The normalized spacial score (nSPS) is 14.4. The Morgan fingerprint density at radius 2 is 2.21 bits per heavy atom. The van der Waals surface area contributed by atoms with Crippen LogP contribution in [0.2, 0.25) is 5.02 Å². The highest BCUT2D eigenvalue weighted by atomic mass is 35.5. The van der Waals surface area contributed by atoms with Crippen molar-refractivity contribution < 1.29 is 9.90 Å². The van der Waals surface area contributed by atoms with E-state index in [1.807, 2.05) is 13.0 Å². The molecule has 3 N–H and O–H groups in total. The number of anilines is 1. The number of amides is 1. The second-order valence-corrected chi connectivity index (χ2v) is 7.63. The number of rotatable bonds is 7. The fourth-order valence-corrected chi connectivity index (χ4v) is 3.23. The van der Waals surface area contributed by atoms with Gasteiger partial charge in [-0.15, -0.1) is 0 Å². The van der Waals surface area contributed by atoms with E-state index in [1.54, 1.807) is 47.4 Å². The van der Waals surface area contributed by atoms with Crippen molar-refractivity contribution in [3.8, 4) is 5.82 Å². The third-order valence-corrected chi connectivity index (χ3v) is 5.03. The number of aliphatic hydroxyl groups is 1. The van der Waals surface area contributed by atoms with Gasteiger partial charge in [-0.3, -0.25) is 4.79 Å². The van der Waals surface area contributed by atoms with Crippen LogP contribution in [0, 0.1) is 6.92 Å². The van der Waals surface area contributed by atoms with Crippen LogP contribution in [0.3, 0.4) is 0 Å². The van der Waals surface area contributed by atoms with Gasteiger partial charge in [-0.1, -0.05) is 23.7 Å². The van der Waals surface area contributed by atoms with Crippen molar-refractivity contribution in [2.45, 2.75) is 31.8 Å². The van der Waals surface area contributed by atoms with Gasteiger partial charge in [0.25, 0.3) is 5.91 Å². The number of carbonyl (C=O) groups excluding carboxylic acids is 1. The number of aromatic nitrogens is 3. The first-order chi connectivity index (χ1) is 14.0. The molecule has 1 aliphatic rings. The van der Waals surface area contributed by atoms with Gasteiger partial charge in [0, 0.05) is 35.2 Å². The number of aryl methyl sites for hydroxylation is 1. The number of halogens is 1. The first-order valence-electron chi connectivity index (χ1n) is 9.49. The molecule has 8 heteroatoms. The summed E-state index contributed by atoms with van der Waals surface area (Å²) in [4.78, 5) is 21.6. The van der Waals surface area contributed by atoms with E-state index >= 15 is 0 Å². The standard InChI is InChI=1S/C21H22ClN5O2/c1-13-10-23-21(24-17-5-6-17)26-19(13)27-8-7-15(11-27)20(29)25-18(12-28)14-3-2-4-16(22)9-14/h2-4,7-11,17-18,28H,5-6,12H2,1H3,(H,25,29)(H,23,24,26). The Bertz CT molecular complexity index is 1030. The summed E-state index contributed by atoms with van der Waals surface area (Å²) in [7, 11) is 0. The zero-order chi connectivity index (χ0) is 20.4. The molecule has 150 valence electrons. The summed E-state index contributed by atoms with van der Waals surface area (Å²) < 4.78 is 1.80. The van der Waals surface area contributed by atoms with Crippen molar-refractivity contribution in [1.82, 2.24) is 19.9 Å². The summed E-state index contributed by atoms with van der Waals surface area (Å²) >= 11 is 6.02. The third-order valence-electron chi connectivity index (χ3n) is 4.79. The van der Waals surface area contributed by atoms with E-state index in [1.165, 1.54) is 0 Å². The van der Waals surface area contributed by atoms with Crippen LogP contribution in [0.5, 0.6) is 0 Å². The second kappa shape index (κ2) is 8.23. The fourth-order valence-electron chi connectivity index (χ4n) is 3.04. The van der Waals surface area contributed by atoms with Crippen molar-refractivity contribution in [2.75, 3.05) is 11.9 Å².